The first-order valence-electron chi connectivity index (χ1n) is 6.32. The van der Waals surface area contributed by atoms with Crippen molar-refractivity contribution in [2.24, 2.45) is 0 Å². The predicted octanol–water partition coefficient (Wildman–Crippen LogP) is 1.97. The van der Waals surface area contributed by atoms with Crippen LogP contribution in [0.3, 0.4) is 0 Å². The molecule has 1 N–H and O–H groups in total. The summed E-state index contributed by atoms with van der Waals surface area (Å²) >= 11 is 0. The maximum absolute atomic E-state index is 5.41. The Labute approximate surface area is 115 Å². The van der Waals surface area contributed by atoms with Crippen LogP contribution in [-0.4, -0.2) is 31.6 Å². The number of nitrogens with one attached hydrogen (secondary N) is 1. The molecule has 7 heteroatoms. The highest BCUT2D eigenvalue weighted by atomic mass is 16.5. The summed E-state index contributed by atoms with van der Waals surface area (Å²) < 4.78 is 6.97. The van der Waals surface area contributed by atoms with E-state index in [4.69, 9.17) is 4.74 Å². The molecule has 1 aromatic carbocycles. The first-order valence-corrected chi connectivity index (χ1v) is 6.32. The number of aromatic nitrogens is 5. The standard InChI is InChI=1S/C13H14N6O/c1-3-20-11-6-4-10(5-7-11)15-12-8-9(2)14-13-16-17-18-19(12)13/h4-8,15H,3H2,1-2H3. The summed E-state index contributed by atoms with van der Waals surface area (Å²) in [4.78, 5) is 4.24. The van der Waals surface area contributed by atoms with Crippen molar-refractivity contribution in [3.63, 3.8) is 0 Å². The number of benzene rings is 1. The van der Waals surface area contributed by atoms with Gasteiger partial charge in [0.2, 0.25) is 0 Å². The van der Waals surface area contributed by atoms with Crippen molar-refractivity contribution in [3.05, 3.63) is 36.0 Å². The third-order valence-corrected chi connectivity index (χ3v) is 2.74. The van der Waals surface area contributed by atoms with Gasteiger partial charge in [-0.25, -0.2) is 4.98 Å². The highest BCUT2D eigenvalue weighted by molar-refractivity contribution is 5.59. The van der Waals surface area contributed by atoms with Crippen molar-refractivity contribution in [1.82, 2.24) is 25.0 Å². The van der Waals surface area contributed by atoms with Gasteiger partial charge in [-0.15, -0.1) is 0 Å². The first kappa shape index (κ1) is 12.3. The molecule has 0 bridgehead atoms. The third-order valence-electron chi connectivity index (χ3n) is 2.74. The van der Waals surface area contributed by atoms with E-state index in [0.29, 0.717) is 12.4 Å². The molecular weight excluding hydrogens is 256 g/mol. The first-order chi connectivity index (χ1) is 9.76. The Kier molecular flexibility index (Phi) is 3.16. The maximum atomic E-state index is 5.41. The molecule has 0 fully saturated rings. The van der Waals surface area contributed by atoms with E-state index in [1.54, 1.807) is 4.52 Å². The number of hydrogen-bond acceptors (Lipinski definition) is 6. The van der Waals surface area contributed by atoms with Gasteiger partial charge in [0.1, 0.15) is 11.6 Å². The van der Waals surface area contributed by atoms with Gasteiger partial charge in [0.25, 0.3) is 5.78 Å². The van der Waals surface area contributed by atoms with Gasteiger partial charge in [-0.05, 0) is 48.5 Å². The van der Waals surface area contributed by atoms with E-state index in [1.807, 2.05) is 44.2 Å². The second-order valence-corrected chi connectivity index (χ2v) is 4.26. The summed E-state index contributed by atoms with van der Waals surface area (Å²) in [5, 5.41) is 14.7. The van der Waals surface area contributed by atoms with Crippen LogP contribution in [0, 0.1) is 6.92 Å². The molecule has 0 spiro atoms. The Morgan fingerprint density at radius 1 is 1.25 bits per heavy atom. The van der Waals surface area contributed by atoms with Gasteiger partial charge in [0, 0.05) is 17.4 Å². The lowest BCUT2D eigenvalue weighted by atomic mass is 10.3. The van der Waals surface area contributed by atoms with Gasteiger partial charge in [-0.2, -0.15) is 4.52 Å². The molecule has 0 saturated heterocycles. The molecule has 0 aliphatic heterocycles. The van der Waals surface area contributed by atoms with Crippen LogP contribution in [0.25, 0.3) is 5.78 Å². The van der Waals surface area contributed by atoms with Crippen molar-refractivity contribution < 1.29 is 4.74 Å². The number of fused-ring (bicyclic) bond motifs is 1. The SMILES string of the molecule is CCOc1ccc(Nc2cc(C)nc3nnnn23)cc1. The zero-order valence-electron chi connectivity index (χ0n) is 11.2. The monoisotopic (exact) mass is 270 g/mol. The third kappa shape index (κ3) is 2.37. The lowest BCUT2D eigenvalue weighted by Gasteiger charge is -2.09. The summed E-state index contributed by atoms with van der Waals surface area (Å²) in [6.07, 6.45) is 0. The van der Waals surface area contributed by atoms with E-state index >= 15 is 0 Å². The lowest BCUT2D eigenvalue weighted by molar-refractivity contribution is 0.340. The largest absolute Gasteiger partial charge is 0.494 e. The second-order valence-electron chi connectivity index (χ2n) is 4.26. The van der Waals surface area contributed by atoms with Gasteiger partial charge in [-0.3, -0.25) is 0 Å². The van der Waals surface area contributed by atoms with Crippen LogP contribution in [0.5, 0.6) is 5.75 Å². The molecule has 0 unspecified atom stereocenters. The minimum atomic E-state index is 0.471. The molecule has 3 rings (SSSR count). The van der Waals surface area contributed by atoms with E-state index < -0.39 is 0 Å². The molecule has 0 aliphatic carbocycles. The molecule has 2 aromatic heterocycles. The molecule has 2 heterocycles. The van der Waals surface area contributed by atoms with Crippen LogP contribution in [0.15, 0.2) is 30.3 Å². The van der Waals surface area contributed by atoms with Crippen LogP contribution < -0.4 is 10.1 Å². The quantitative estimate of drug-likeness (QED) is 0.781. The Hall–Kier alpha value is -2.70. The van der Waals surface area contributed by atoms with E-state index in [0.717, 1.165) is 22.9 Å². The highest BCUT2D eigenvalue weighted by Gasteiger charge is 2.06. The Balaban J connectivity index is 1.90. The van der Waals surface area contributed by atoms with Gasteiger partial charge in [-0.1, -0.05) is 5.10 Å². The molecule has 0 aliphatic rings. The summed E-state index contributed by atoms with van der Waals surface area (Å²) in [6, 6.07) is 9.60. The summed E-state index contributed by atoms with van der Waals surface area (Å²) in [6.45, 7) is 4.51. The lowest BCUT2D eigenvalue weighted by Crippen LogP contribution is -2.02. The zero-order chi connectivity index (χ0) is 13.9. The zero-order valence-corrected chi connectivity index (χ0v) is 11.2. The van der Waals surface area contributed by atoms with E-state index in [1.165, 1.54) is 0 Å². The van der Waals surface area contributed by atoms with Crippen molar-refractivity contribution in [3.8, 4) is 5.75 Å². The summed E-state index contributed by atoms with van der Waals surface area (Å²) in [7, 11) is 0. The molecule has 0 amide bonds. The fourth-order valence-electron chi connectivity index (χ4n) is 1.90. The number of nitrogens with zero attached hydrogens (tertiary/aromatic N) is 5. The van der Waals surface area contributed by atoms with Gasteiger partial charge in [0.05, 0.1) is 6.61 Å². The van der Waals surface area contributed by atoms with E-state index in [-0.39, 0.29) is 0 Å². The number of anilines is 2. The minimum absolute atomic E-state index is 0.471. The topological polar surface area (TPSA) is 77.2 Å². The van der Waals surface area contributed by atoms with Crippen molar-refractivity contribution in [2.75, 3.05) is 11.9 Å². The average molecular weight is 270 g/mol. The predicted molar refractivity (Wildman–Crippen MR) is 74.2 cm³/mol. The molecular formula is C13H14N6O. The molecule has 3 aromatic rings. The molecule has 0 atom stereocenters. The van der Waals surface area contributed by atoms with Crippen LogP contribution in [0.1, 0.15) is 12.6 Å². The summed E-state index contributed by atoms with van der Waals surface area (Å²) in [5.41, 5.74) is 1.77. The Bertz CT molecular complexity index is 721. The smallest absolute Gasteiger partial charge is 0.275 e. The van der Waals surface area contributed by atoms with E-state index in [2.05, 4.69) is 25.8 Å². The number of tetrazole rings is 1. The number of hydrogen-bond donors (Lipinski definition) is 1. The molecule has 0 radical (unpaired) electrons. The number of aryl methyl sites for hydroxylation is 1. The maximum Gasteiger partial charge on any atom is 0.275 e. The Morgan fingerprint density at radius 2 is 2.05 bits per heavy atom. The summed E-state index contributed by atoms with van der Waals surface area (Å²) in [5.74, 6) is 2.08. The fraction of sp³-hybridized carbons (Fsp3) is 0.231. The fourth-order valence-corrected chi connectivity index (χ4v) is 1.90. The van der Waals surface area contributed by atoms with Crippen molar-refractivity contribution in [1.29, 1.82) is 0 Å². The van der Waals surface area contributed by atoms with Crippen LogP contribution in [-0.2, 0) is 0 Å². The van der Waals surface area contributed by atoms with Crippen molar-refractivity contribution in [2.45, 2.75) is 13.8 Å². The van der Waals surface area contributed by atoms with Gasteiger partial charge >= 0.3 is 0 Å². The number of ether oxygens (including phenoxy) is 1. The minimum Gasteiger partial charge on any atom is -0.494 e. The number of rotatable bonds is 4. The van der Waals surface area contributed by atoms with Crippen LogP contribution >= 0.6 is 0 Å². The molecule has 0 saturated carbocycles. The normalized spacial score (nSPS) is 10.7. The van der Waals surface area contributed by atoms with Gasteiger partial charge < -0.3 is 10.1 Å². The molecule has 20 heavy (non-hydrogen) atoms. The second kappa shape index (κ2) is 5.12. The molecule has 7 nitrogen and oxygen atoms in total. The average Bonchev–Trinajstić information content (AvgIpc) is 2.89. The van der Waals surface area contributed by atoms with Crippen LogP contribution in [0.4, 0.5) is 11.5 Å². The van der Waals surface area contributed by atoms with E-state index in [9.17, 15) is 0 Å². The van der Waals surface area contributed by atoms with Crippen molar-refractivity contribution >= 4 is 17.3 Å². The van der Waals surface area contributed by atoms with Gasteiger partial charge in [0.15, 0.2) is 0 Å². The Morgan fingerprint density at radius 3 is 2.80 bits per heavy atom. The molecule has 102 valence electrons. The highest BCUT2D eigenvalue weighted by Crippen LogP contribution is 2.20. The van der Waals surface area contributed by atoms with Crippen LogP contribution in [0.2, 0.25) is 0 Å².